The lowest BCUT2D eigenvalue weighted by atomic mass is 9.97. The maximum absolute atomic E-state index is 4.48. The van der Waals surface area contributed by atoms with E-state index in [4.69, 9.17) is 0 Å². The Morgan fingerprint density at radius 3 is 2.88 bits per heavy atom. The summed E-state index contributed by atoms with van der Waals surface area (Å²) in [6.45, 7) is 4.08. The van der Waals surface area contributed by atoms with Gasteiger partial charge in [-0.15, -0.1) is 0 Å². The van der Waals surface area contributed by atoms with E-state index >= 15 is 0 Å². The average molecular weight is 224 g/mol. The number of amidine groups is 1. The van der Waals surface area contributed by atoms with Crippen molar-refractivity contribution in [1.29, 1.82) is 0 Å². The Labute approximate surface area is 101 Å². The van der Waals surface area contributed by atoms with Gasteiger partial charge in [0.2, 0.25) is 0 Å². The van der Waals surface area contributed by atoms with Gasteiger partial charge in [-0.1, -0.05) is 36.4 Å². The zero-order valence-electron chi connectivity index (χ0n) is 10.0. The van der Waals surface area contributed by atoms with E-state index < -0.39 is 0 Å². The number of rotatable bonds is 2. The first-order valence-electron chi connectivity index (χ1n) is 6.09. The fourth-order valence-electron chi connectivity index (χ4n) is 2.41. The molecule has 86 valence electrons. The highest BCUT2D eigenvalue weighted by molar-refractivity contribution is 5.93. The van der Waals surface area contributed by atoms with Crippen LogP contribution in [0.2, 0.25) is 0 Å². The van der Waals surface area contributed by atoms with Crippen molar-refractivity contribution in [2.75, 3.05) is 13.1 Å². The summed E-state index contributed by atoms with van der Waals surface area (Å²) in [5, 5.41) is 6.01. The molecule has 0 atom stereocenters. The molecule has 0 saturated carbocycles. The van der Waals surface area contributed by atoms with Gasteiger partial charge in [0.05, 0.1) is 6.54 Å². The summed E-state index contributed by atoms with van der Waals surface area (Å²) < 4.78 is 0. The molecular weight excluding hydrogens is 208 g/mol. The molecule has 2 aromatic carbocycles. The van der Waals surface area contributed by atoms with Crippen molar-refractivity contribution < 1.29 is 0 Å². The summed E-state index contributed by atoms with van der Waals surface area (Å²) in [6, 6.07) is 13.0. The van der Waals surface area contributed by atoms with Crippen LogP contribution in [-0.4, -0.2) is 18.9 Å². The normalized spacial score (nSPS) is 14.8. The Kier molecular flexibility index (Phi) is 2.56. The van der Waals surface area contributed by atoms with Crippen LogP contribution in [-0.2, 0) is 6.42 Å². The standard InChI is InChI=1S/C15H16N2/c1-11-6-7-12-4-2-3-5-13(12)14(11)10-15-16-8-9-17-15/h2-7H,8-10H2,1H3,(H,16,17). The second-order valence-corrected chi connectivity index (χ2v) is 4.51. The van der Waals surface area contributed by atoms with E-state index in [0.717, 1.165) is 25.3 Å². The lowest BCUT2D eigenvalue weighted by Gasteiger charge is -2.10. The van der Waals surface area contributed by atoms with Gasteiger partial charge in [-0.2, -0.15) is 0 Å². The van der Waals surface area contributed by atoms with Gasteiger partial charge in [0, 0.05) is 13.0 Å². The summed E-state index contributed by atoms with van der Waals surface area (Å²) in [6.07, 6.45) is 0.924. The predicted octanol–water partition coefficient (Wildman–Crippen LogP) is 2.69. The summed E-state index contributed by atoms with van der Waals surface area (Å²) in [7, 11) is 0. The molecule has 0 fully saturated rings. The number of benzene rings is 2. The van der Waals surface area contributed by atoms with Crippen LogP contribution >= 0.6 is 0 Å². The second-order valence-electron chi connectivity index (χ2n) is 4.51. The molecule has 2 nitrogen and oxygen atoms in total. The molecule has 1 aliphatic heterocycles. The van der Waals surface area contributed by atoms with E-state index in [1.165, 1.54) is 21.9 Å². The van der Waals surface area contributed by atoms with Crippen LogP contribution in [0.25, 0.3) is 10.8 Å². The quantitative estimate of drug-likeness (QED) is 0.833. The van der Waals surface area contributed by atoms with E-state index in [2.05, 4.69) is 53.6 Å². The number of hydrogen-bond acceptors (Lipinski definition) is 2. The molecule has 0 saturated heterocycles. The molecule has 1 aliphatic rings. The molecule has 0 amide bonds. The van der Waals surface area contributed by atoms with E-state index in [9.17, 15) is 0 Å². The lowest BCUT2D eigenvalue weighted by Crippen LogP contribution is -2.21. The zero-order chi connectivity index (χ0) is 11.7. The van der Waals surface area contributed by atoms with Crippen LogP contribution in [0.5, 0.6) is 0 Å². The third-order valence-corrected chi connectivity index (χ3v) is 3.36. The number of nitrogens with one attached hydrogen (secondary N) is 1. The Morgan fingerprint density at radius 2 is 2.06 bits per heavy atom. The van der Waals surface area contributed by atoms with Crippen molar-refractivity contribution >= 4 is 16.6 Å². The molecule has 0 spiro atoms. The van der Waals surface area contributed by atoms with Gasteiger partial charge in [0.25, 0.3) is 0 Å². The van der Waals surface area contributed by atoms with Crippen molar-refractivity contribution in [1.82, 2.24) is 5.32 Å². The van der Waals surface area contributed by atoms with Gasteiger partial charge in [-0.05, 0) is 28.8 Å². The molecule has 1 N–H and O–H groups in total. The highest BCUT2D eigenvalue weighted by atomic mass is 15.1. The molecule has 3 rings (SSSR count). The summed E-state index contributed by atoms with van der Waals surface area (Å²) in [5.74, 6) is 1.13. The van der Waals surface area contributed by atoms with Gasteiger partial charge in [0.1, 0.15) is 5.84 Å². The summed E-state index contributed by atoms with van der Waals surface area (Å²) in [5.41, 5.74) is 2.75. The summed E-state index contributed by atoms with van der Waals surface area (Å²) >= 11 is 0. The van der Waals surface area contributed by atoms with Crippen LogP contribution in [0.3, 0.4) is 0 Å². The molecule has 2 heteroatoms. The lowest BCUT2D eigenvalue weighted by molar-refractivity contribution is 0.953. The summed E-state index contributed by atoms with van der Waals surface area (Å²) in [4.78, 5) is 4.48. The third kappa shape index (κ3) is 1.91. The minimum atomic E-state index is 0.916. The Bertz CT molecular complexity index is 584. The van der Waals surface area contributed by atoms with E-state index in [-0.39, 0.29) is 0 Å². The van der Waals surface area contributed by atoms with E-state index in [1.807, 2.05) is 0 Å². The predicted molar refractivity (Wildman–Crippen MR) is 72.7 cm³/mol. The van der Waals surface area contributed by atoms with Crippen LogP contribution in [0, 0.1) is 6.92 Å². The van der Waals surface area contributed by atoms with Crippen LogP contribution in [0.1, 0.15) is 11.1 Å². The molecule has 17 heavy (non-hydrogen) atoms. The number of fused-ring (bicyclic) bond motifs is 1. The maximum atomic E-state index is 4.48. The monoisotopic (exact) mass is 224 g/mol. The van der Waals surface area contributed by atoms with Crippen molar-refractivity contribution in [2.24, 2.45) is 4.99 Å². The largest absolute Gasteiger partial charge is 0.372 e. The molecule has 0 aromatic heterocycles. The molecule has 0 bridgehead atoms. The van der Waals surface area contributed by atoms with Gasteiger partial charge >= 0.3 is 0 Å². The fourth-order valence-corrected chi connectivity index (χ4v) is 2.41. The zero-order valence-corrected chi connectivity index (χ0v) is 10.0. The fraction of sp³-hybridized carbons (Fsp3) is 0.267. The SMILES string of the molecule is Cc1ccc2ccccc2c1CC1=NCCN1. The molecule has 0 unspecified atom stereocenters. The minimum absolute atomic E-state index is 0.916. The number of nitrogens with zero attached hydrogens (tertiary/aromatic N) is 1. The Hall–Kier alpha value is -1.83. The first kappa shape index (κ1) is 10.3. The van der Waals surface area contributed by atoms with E-state index in [0.29, 0.717) is 0 Å². The first-order valence-corrected chi connectivity index (χ1v) is 6.09. The van der Waals surface area contributed by atoms with Gasteiger partial charge in [0.15, 0.2) is 0 Å². The Balaban J connectivity index is 2.09. The maximum Gasteiger partial charge on any atom is 0.101 e. The molecule has 0 radical (unpaired) electrons. The molecule has 0 aliphatic carbocycles. The highest BCUT2D eigenvalue weighted by Gasteiger charge is 2.10. The van der Waals surface area contributed by atoms with Crippen molar-refractivity contribution in [3.63, 3.8) is 0 Å². The average Bonchev–Trinajstić information content (AvgIpc) is 2.86. The van der Waals surface area contributed by atoms with Gasteiger partial charge in [-0.25, -0.2) is 0 Å². The molecule has 2 aromatic rings. The van der Waals surface area contributed by atoms with Crippen molar-refractivity contribution in [2.45, 2.75) is 13.3 Å². The first-order chi connectivity index (χ1) is 8.34. The van der Waals surface area contributed by atoms with Crippen molar-refractivity contribution in [3.05, 3.63) is 47.5 Å². The van der Waals surface area contributed by atoms with Gasteiger partial charge < -0.3 is 5.32 Å². The van der Waals surface area contributed by atoms with Crippen LogP contribution in [0.4, 0.5) is 0 Å². The van der Waals surface area contributed by atoms with E-state index in [1.54, 1.807) is 0 Å². The number of aryl methyl sites for hydroxylation is 1. The Morgan fingerprint density at radius 1 is 1.18 bits per heavy atom. The topological polar surface area (TPSA) is 24.4 Å². The second kappa shape index (κ2) is 4.21. The van der Waals surface area contributed by atoms with Crippen LogP contribution < -0.4 is 5.32 Å². The van der Waals surface area contributed by atoms with Crippen LogP contribution in [0.15, 0.2) is 41.4 Å². The molecule has 1 heterocycles. The minimum Gasteiger partial charge on any atom is -0.372 e. The highest BCUT2D eigenvalue weighted by Crippen LogP contribution is 2.22. The number of aliphatic imine (C=N–C) groups is 1. The van der Waals surface area contributed by atoms with Crippen molar-refractivity contribution in [3.8, 4) is 0 Å². The third-order valence-electron chi connectivity index (χ3n) is 3.36. The van der Waals surface area contributed by atoms with Gasteiger partial charge in [-0.3, -0.25) is 4.99 Å². The smallest absolute Gasteiger partial charge is 0.101 e. The molecular formula is C15H16N2. The number of hydrogen-bond donors (Lipinski definition) is 1.